The highest BCUT2D eigenvalue weighted by molar-refractivity contribution is 5.98. The minimum atomic E-state index is -0.268. The minimum absolute atomic E-state index is 0.124. The van der Waals surface area contributed by atoms with E-state index in [0.29, 0.717) is 5.56 Å². The Morgan fingerprint density at radius 1 is 1.25 bits per heavy atom. The zero-order chi connectivity index (χ0) is 11.7. The van der Waals surface area contributed by atoms with Gasteiger partial charge in [-0.15, -0.1) is 0 Å². The SMILES string of the molecule is Cc1cc(C2CC(=O)NC(=O)C2)ccc1F. The van der Waals surface area contributed by atoms with E-state index in [0.717, 1.165) is 5.56 Å². The van der Waals surface area contributed by atoms with E-state index in [1.165, 1.54) is 6.07 Å². The summed E-state index contributed by atoms with van der Waals surface area (Å²) in [7, 11) is 0. The molecule has 0 aromatic heterocycles. The van der Waals surface area contributed by atoms with Crippen molar-refractivity contribution in [3.63, 3.8) is 0 Å². The van der Waals surface area contributed by atoms with E-state index in [-0.39, 0.29) is 36.4 Å². The van der Waals surface area contributed by atoms with E-state index >= 15 is 0 Å². The second-order valence-corrected chi connectivity index (χ2v) is 4.09. The fourth-order valence-corrected chi connectivity index (χ4v) is 1.93. The number of amides is 2. The van der Waals surface area contributed by atoms with Gasteiger partial charge in [0.2, 0.25) is 11.8 Å². The smallest absolute Gasteiger partial charge is 0.227 e. The molecule has 0 spiro atoms. The minimum Gasteiger partial charge on any atom is -0.296 e. The number of rotatable bonds is 1. The summed E-state index contributed by atoms with van der Waals surface area (Å²) in [5.74, 6) is -0.914. The number of hydrogen-bond donors (Lipinski definition) is 1. The molecule has 16 heavy (non-hydrogen) atoms. The molecule has 84 valence electrons. The van der Waals surface area contributed by atoms with Crippen LogP contribution in [0.4, 0.5) is 4.39 Å². The molecule has 1 fully saturated rings. The Balaban J connectivity index is 2.26. The first-order valence-corrected chi connectivity index (χ1v) is 5.15. The maximum Gasteiger partial charge on any atom is 0.227 e. The Kier molecular flexibility index (Phi) is 2.73. The maximum absolute atomic E-state index is 13.1. The number of imide groups is 1. The average Bonchev–Trinajstić information content (AvgIpc) is 2.20. The van der Waals surface area contributed by atoms with Crippen LogP contribution in [0.1, 0.15) is 29.9 Å². The summed E-state index contributed by atoms with van der Waals surface area (Å²) in [6.07, 6.45) is 0.577. The van der Waals surface area contributed by atoms with Crippen LogP contribution in [0.15, 0.2) is 18.2 Å². The molecule has 2 amide bonds. The first kappa shape index (κ1) is 10.8. The normalized spacial score (nSPS) is 17.4. The standard InChI is InChI=1S/C12H12FNO2/c1-7-4-8(2-3-10(7)13)9-5-11(15)14-12(16)6-9/h2-4,9H,5-6H2,1H3,(H,14,15,16). The number of hydrogen-bond acceptors (Lipinski definition) is 2. The molecule has 1 heterocycles. The third-order valence-electron chi connectivity index (χ3n) is 2.80. The van der Waals surface area contributed by atoms with Gasteiger partial charge in [-0.1, -0.05) is 12.1 Å². The lowest BCUT2D eigenvalue weighted by Gasteiger charge is -2.21. The number of aryl methyl sites for hydroxylation is 1. The highest BCUT2D eigenvalue weighted by atomic mass is 19.1. The van der Waals surface area contributed by atoms with Gasteiger partial charge in [0.05, 0.1) is 0 Å². The number of piperidine rings is 1. The Labute approximate surface area is 92.7 Å². The number of halogens is 1. The summed E-state index contributed by atoms with van der Waals surface area (Å²) in [5, 5.41) is 2.25. The molecule has 3 nitrogen and oxygen atoms in total. The number of nitrogens with one attached hydrogen (secondary N) is 1. The van der Waals surface area contributed by atoms with E-state index in [9.17, 15) is 14.0 Å². The van der Waals surface area contributed by atoms with Gasteiger partial charge in [-0.2, -0.15) is 0 Å². The molecule has 0 saturated carbocycles. The lowest BCUT2D eigenvalue weighted by Crippen LogP contribution is -2.37. The Hall–Kier alpha value is -1.71. The van der Waals surface area contributed by atoms with Gasteiger partial charge in [0.15, 0.2) is 0 Å². The Morgan fingerprint density at radius 2 is 1.88 bits per heavy atom. The van der Waals surface area contributed by atoms with Gasteiger partial charge in [0, 0.05) is 18.8 Å². The molecule has 0 unspecified atom stereocenters. The van der Waals surface area contributed by atoms with Gasteiger partial charge in [-0.25, -0.2) is 4.39 Å². The summed E-state index contributed by atoms with van der Waals surface area (Å²) in [4.78, 5) is 22.4. The summed E-state index contributed by atoms with van der Waals surface area (Å²) in [5.41, 5.74) is 1.39. The first-order chi connectivity index (χ1) is 7.56. The molecule has 1 saturated heterocycles. The molecule has 4 heteroatoms. The molecule has 0 atom stereocenters. The van der Waals surface area contributed by atoms with Crippen molar-refractivity contribution in [2.45, 2.75) is 25.7 Å². The molecule has 0 radical (unpaired) electrons. The number of benzene rings is 1. The fourth-order valence-electron chi connectivity index (χ4n) is 1.93. The van der Waals surface area contributed by atoms with Crippen molar-refractivity contribution in [3.05, 3.63) is 35.1 Å². The summed E-state index contributed by atoms with van der Waals surface area (Å²) < 4.78 is 13.1. The lowest BCUT2D eigenvalue weighted by molar-refractivity contribution is -0.133. The third-order valence-corrected chi connectivity index (χ3v) is 2.80. The highest BCUT2D eigenvalue weighted by Gasteiger charge is 2.26. The van der Waals surface area contributed by atoms with E-state index < -0.39 is 0 Å². The van der Waals surface area contributed by atoms with Crippen LogP contribution in [0.2, 0.25) is 0 Å². The topological polar surface area (TPSA) is 46.2 Å². The molecular weight excluding hydrogens is 209 g/mol. The fraction of sp³-hybridized carbons (Fsp3) is 0.333. The largest absolute Gasteiger partial charge is 0.296 e. The van der Waals surface area contributed by atoms with Crippen LogP contribution in [-0.4, -0.2) is 11.8 Å². The van der Waals surface area contributed by atoms with Gasteiger partial charge in [0.25, 0.3) is 0 Å². The second kappa shape index (κ2) is 4.04. The van der Waals surface area contributed by atoms with E-state index in [1.807, 2.05) is 0 Å². The van der Waals surface area contributed by atoms with Crippen LogP contribution in [0.25, 0.3) is 0 Å². The molecular formula is C12H12FNO2. The molecule has 1 aromatic carbocycles. The summed E-state index contributed by atoms with van der Waals surface area (Å²) >= 11 is 0. The van der Waals surface area contributed by atoms with E-state index in [4.69, 9.17) is 0 Å². The van der Waals surface area contributed by atoms with E-state index in [2.05, 4.69) is 5.32 Å². The van der Waals surface area contributed by atoms with Crippen molar-refractivity contribution in [2.24, 2.45) is 0 Å². The van der Waals surface area contributed by atoms with Crippen molar-refractivity contribution in [1.82, 2.24) is 5.32 Å². The van der Waals surface area contributed by atoms with Crippen LogP contribution >= 0.6 is 0 Å². The summed E-state index contributed by atoms with van der Waals surface area (Å²) in [6, 6.07) is 4.71. The highest BCUT2D eigenvalue weighted by Crippen LogP contribution is 2.27. The maximum atomic E-state index is 13.1. The quantitative estimate of drug-likeness (QED) is 0.733. The first-order valence-electron chi connectivity index (χ1n) is 5.15. The monoisotopic (exact) mass is 221 g/mol. The van der Waals surface area contributed by atoms with Gasteiger partial charge in [-0.3, -0.25) is 14.9 Å². The zero-order valence-electron chi connectivity index (χ0n) is 8.92. The van der Waals surface area contributed by atoms with Crippen molar-refractivity contribution in [2.75, 3.05) is 0 Å². The molecule has 0 aliphatic carbocycles. The zero-order valence-corrected chi connectivity index (χ0v) is 8.92. The van der Waals surface area contributed by atoms with Crippen LogP contribution < -0.4 is 5.32 Å². The van der Waals surface area contributed by atoms with Crippen molar-refractivity contribution < 1.29 is 14.0 Å². The molecule has 1 N–H and O–H groups in total. The van der Waals surface area contributed by atoms with Crippen molar-refractivity contribution >= 4 is 11.8 Å². The van der Waals surface area contributed by atoms with Gasteiger partial charge >= 0.3 is 0 Å². The van der Waals surface area contributed by atoms with E-state index in [1.54, 1.807) is 19.1 Å². The molecule has 0 bridgehead atoms. The van der Waals surface area contributed by atoms with Crippen molar-refractivity contribution in [1.29, 1.82) is 0 Å². The third kappa shape index (κ3) is 2.10. The molecule has 1 aromatic rings. The van der Waals surface area contributed by atoms with Gasteiger partial charge in [0.1, 0.15) is 5.82 Å². The Bertz CT molecular complexity index is 440. The van der Waals surface area contributed by atoms with Crippen LogP contribution in [-0.2, 0) is 9.59 Å². The predicted molar refractivity (Wildman–Crippen MR) is 56.3 cm³/mol. The number of carbonyl (C=O) groups excluding carboxylic acids is 2. The summed E-state index contributed by atoms with van der Waals surface area (Å²) in [6.45, 7) is 1.67. The van der Waals surface area contributed by atoms with Gasteiger partial charge < -0.3 is 0 Å². The molecule has 1 aliphatic rings. The lowest BCUT2D eigenvalue weighted by atomic mass is 9.88. The predicted octanol–water partition coefficient (Wildman–Crippen LogP) is 1.65. The average molecular weight is 221 g/mol. The Morgan fingerprint density at radius 3 is 2.44 bits per heavy atom. The van der Waals surface area contributed by atoms with Crippen molar-refractivity contribution in [3.8, 4) is 0 Å². The molecule has 2 rings (SSSR count). The van der Waals surface area contributed by atoms with Crippen LogP contribution in [0, 0.1) is 12.7 Å². The number of carbonyl (C=O) groups is 2. The van der Waals surface area contributed by atoms with Gasteiger partial charge in [-0.05, 0) is 24.1 Å². The van der Waals surface area contributed by atoms with Crippen LogP contribution in [0.5, 0.6) is 0 Å². The molecule has 1 aliphatic heterocycles. The second-order valence-electron chi connectivity index (χ2n) is 4.09. The van der Waals surface area contributed by atoms with Crippen LogP contribution in [0.3, 0.4) is 0 Å².